The molecule has 0 aliphatic heterocycles. The summed E-state index contributed by atoms with van der Waals surface area (Å²) in [5, 5.41) is 4.61. The molecule has 0 amide bonds. The molecule has 0 radical (unpaired) electrons. The zero-order valence-corrected chi connectivity index (χ0v) is 12.5. The molecule has 2 aromatic rings. The monoisotopic (exact) mass is 283 g/mol. The third-order valence-corrected chi connectivity index (χ3v) is 4.27. The Bertz CT molecular complexity index is 626. The van der Waals surface area contributed by atoms with Crippen molar-refractivity contribution >= 4 is 5.78 Å². The number of hydrogen-bond acceptors (Lipinski definition) is 3. The van der Waals surface area contributed by atoms with Crippen LogP contribution in [-0.4, -0.2) is 20.5 Å². The van der Waals surface area contributed by atoms with E-state index in [1.807, 2.05) is 19.2 Å². The predicted octanol–water partition coefficient (Wildman–Crippen LogP) is 3.52. The van der Waals surface area contributed by atoms with Gasteiger partial charge in [-0.05, 0) is 37.5 Å². The molecule has 2 aromatic heterocycles. The van der Waals surface area contributed by atoms with Gasteiger partial charge in [0.1, 0.15) is 0 Å². The Balaban J connectivity index is 1.69. The number of Topliss-reactive ketones (excluding diaryl/α,β-unsaturated/α-hetero) is 1. The van der Waals surface area contributed by atoms with E-state index < -0.39 is 0 Å². The standard InChI is InChI=1S/C17H21N3O/c1-13-12-18-9-7-16(13)17(21)11-14-8-10-20(19-14)15-5-3-2-4-6-15/h7-10,12,15H,2-6,11H2,1H3. The summed E-state index contributed by atoms with van der Waals surface area (Å²) in [5.74, 6) is 0.115. The summed E-state index contributed by atoms with van der Waals surface area (Å²) in [5.41, 5.74) is 2.54. The largest absolute Gasteiger partial charge is 0.294 e. The van der Waals surface area contributed by atoms with Crippen LogP contribution < -0.4 is 0 Å². The summed E-state index contributed by atoms with van der Waals surface area (Å²) in [6.07, 6.45) is 12.1. The van der Waals surface area contributed by atoms with Crippen LogP contribution in [0.15, 0.2) is 30.7 Å². The maximum atomic E-state index is 12.3. The van der Waals surface area contributed by atoms with Gasteiger partial charge < -0.3 is 0 Å². The first-order chi connectivity index (χ1) is 10.2. The summed E-state index contributed by atoms with van der Waals surface area (Å²) >= 11 is 0. The minimum atomic E-state index is 0.115. The number of carbonyl (C=O) groups is 1. The van der Waals surface area contributed by atoms with E-state index >= 15 is 0 Å². The van der Waals surface area contributed by atoms with Gasteiger partial charge in [0.2, 0.25) is 0 Å². The third-order valence-electron chi connectivity index (χ3n) is 4.27. The SMILES string of the molecule is Cc1cnccc1C(=O)Cc1ccn(C2CCCCC2)n1. The van der Waals surface area contributed by atoms with Gasteiger partial charge in [0.15, 0.2) is 5.78 Å². The lowest BCUT2D eigenvalue weighted by molar-refractivity contribution is 0.0991. The van der Waals surface area contributed by atoms with Crippen LogP contribution in [0.2, 0.25) is 0 Å². The molecule has 1 fully saturated rings. The second-order valence-electron chi connectivity index (χ2n) is 5.87. The number of nitrogens with zero attached hydrogens (tertiary/aromatic N) is 3. The van der Waals surface area contributed by atoms with Crippen molar-refractivity contribution in [3.63, 3.8) is 0 Å². The smallest absolute Gasteiger partial charge is 0.169 e. The minimum absolute atomic E-state index is 0.115. The molecule has 2 heterocycles. The highest BCUT2D eigenvalue weighted by molar-refractivity contribution is 5.98. The van der Waals surface area contributed by atoms with Crippen LogP contribution in [0.25, 0.3) is 0 Å². The molecule has 0 saturated heterocycles. The van der Waals surface area contributed by atoms with Gasteiger partial charge in [0.25, 0.3) is 0 Å². The molecular formula is C17H21N3O. The third kappa shape index (κ3) is 3.20. The molecule has 110 valence electrons. The lowest BCUT2D eigenvalue weighted by Crippen LogP contribution is -2.14. The van der Waals surface area contributed by atoms with Gasteiger partial charge in [0, 0.05) is 24.2 Å². The summed E-state index contributed by atoms with van der Waals surface area (Å²) < 4.78 is 2.06. The van der Waals surface area contributed by atoms with Gasteiger partial charge in [-0.25, -0.2) is 0 Å². The van der Waals surface area contributed by atoms with E-state index in [2.05, 4.69) is 14.8 Å². The number of pyridine rings is 1. The average Bonchev–Trinajstić information content (AvgIpc) is 2.97. The van der Waals surface area contributed by atoms with Gasteiger partial charge in [-0.2, -0.15) is 5.10 Å². The molecule has 0 N–H and O–H groups in total. The van der Waals surface area contributed by atoms with E-state index in [-0.39, 0.29) is 5.78 Å². The number of aryl methyl sites for hydroxylation is 1. The molecular weight excluding hydrogens is 262 g/mol. The van der Waals surface area contributed by atoms with Gasteiger partial charge >= 0.3 is 0 Å². The van der Waals surface area contributed by atoms with Crippen LogP contribution in [-0.2, 0) is 6.42 Å². The fourth-order valence-corrected chi connectivity index (χ4v) is 3.07. The summed E-state index contributed by atoms with van der Waals surface area (Å²) in [6.45, 7) is 1.92. The van der Waals surface area contributed by atoms with Crippen LogP contribution in [0.5, 0.6) is 0 Å². The maximum absolute atomic E-state index is 12.3. The Hall–Kier alpha value is -1.97. The zero-order valence-electron chi connectivity index (χ0n) is 12.5. The highest BCUT2D eigenvalue weighted by atomic mass is 16.1. The van der Waals surface area contributed by atoms with Crippen molar-refractivity contribution in [1.29, 1.82) is 0 Å². The molecule has 1 aliphatic carbocycles. The average molecular weight is 283 g/mol. The molecule has 0 atom stereocenters. The Morgan fingerprint density at radius 2 is 2.10 bits per heavy atom. The van der Waals surface area contributed by atoms with E-state index in [4.69, 9.17) is 0 Å². The molecule has 1 aliphatic rings. The zero-order chi connectivity index (χ0) is 14.7. The highest BCUT2D eigenvalue weighted by Crippen LogP contribution is 2.27. The highest BCUT2D eigenvalue weighted by Gasteiger charge is 2.17. The van der Waals surface area contributed by atoms with E-state index in [0.29, 0.717) is 12.5 Å². The predicted molar refractivity (Wildman–Crippen MR) is 81.4 cm³/mol. The van der Waals surface area contributed by atoms with Crippen molar-refractivity contribution in [1.82, 2.24) is 14.8 Å². The number of aromatic nitrogens is 3. The second kappa shape index (κ2) is 6.20. The van der Waals surface area contributed by atoms with E-state index in [0.717, 1.165) is 16.8 Å². The molecule has 4 nitrogen and oxygen atoms in total. The van der Waals surface area contributed by atoms with Crippen molar-refractivity contribution in [3.05, 3.63) is 47.5 Å². The van der Waals surface area contributed by atoms with Crippen molar-refractivity contribution in [2.45, 2.75) is 51.5 Å². The lowest BCUT2D eigenvalue weighted by atomic mass is 9.96. The molecule has 0 spiro atoms. The fourth-order valence-electron chi connectivity index (χ4n) is 3.07. The number of carbonyl (C=O) groups excluding carboxylic acids is 1. The molecule has 3 rings (SSSR count). The normalized spacial score (nSPS) is 16.0. The molecule has 21 heavy (non-hydrogen) atoms. The number of ketones is 1. The minimum Gasteiger partial charge on any atom is -0.294 e. The van der Waals surface area contributed by atoms with E-state index in [1.54, 1.807) is 18.5 Å². The van der Waals surface area contributed by atoms with Crippen LogP contribution in [0.1, 0.15) is 59.8 Å². The van der Waals surface area contributed by atoms with Gasteiger partial charge in [-0.15, -0.1) is 0 Å². The molecule has 0 unspecified atom stereocenters. The quantitative estimate of drug-likeness (QED) is 0.807. The van der Waals surface area contributed by atoms with E-state index in [1.165, 1.54) is 32.1 Å². The molecule has 0 aromatic carbocycles. The van der Waals surface area contributed by atoms with Gasteiger partial charge in [0.05, 0.1) is 18.2 Å². The Kier molecular flexibility index (Phi) is 4.13. The van der Waals surface area contributed by atoms with Crippen molar-refractivity contribution in [2.24, 2.45) is 0 Å². The van der Waals surface area contributed by atoms with Crippen LogP contribution in [0, 0.1) is 6.92 Å². The summed E-state index contributed by atoms with van der Waals surface area (Å²) in [4.78, 5) is 16.4. The maximum Gasteiger partial charge on any atom is 0.169 e. The number of hydrogen-bond donors (Lipinski definition) is 0. The Morgan fingerprint density at radius 1 is 1.29 bits per heavy atom. The Labute approximate surface area is 125 Å². The Morgan fingerprint density at radius 3 is 2.86 bits per heavy atom. The second-order valence-corrected chi connectivity index (χ2v) is 5.87. The van der Waals surface area contributed by atoms with E-state index in [9.17, 15) is 4.79 Å². The number of rotatable bonds is 4. The van der Waals surface area contributed by atoms with Gasteiger partial charge in [-0.1, -0.05) is 19.3 Å². The first-order valence-electron chi connectivity index (χ1n) is 7.72. The van der Waals surface area contributed by atoms with Crippen molar-refractivity contribution in [2.75, 3.05) is 0 Å². The summed E-state index contributed by atoms with van der Waals surface area (Å²) in [7, 11) is 0. The first-order valence-corrected chi connectivity index (χ1v) is 7.72. The van der Waals surface area contributed by atoms with Crippen LogP contribution >= 0.6 is 0 Å². The molecule has 0 bridgehead atoms. The fraction of sp³-hybridized carbons (Fsp3) is 0.471. The van der Waals surface area contributed by atoms with Gasteiger partial charge in [-0.3, -0.25) is 14.5 Å². The van der Waals surface area contributed by atoms with Crippen LogP contribution in [0.4, 0.5) is 0 Å². The van der Waals surface area contributed by atoms with Crippen LogP contribution in [0.3, 0.4) is 0 Å². The first kappa shape index (κ1) is 14.0. The van der Waals surface area contributed by atoms with Crippen molar-refractivity contribution < 1.29 is 4.79 Å². The van der Waals surface area contributed by atoms with Crippen molar-refractivity contribution in [3.8, 4) is 0 Å². The molecule has 4 heteroatoms. The summed E-state index contributed by atoms with van der Waals surface area (Å²) in [6, 6.07) is 4.28. The topological polar surface area (TPSA) is 47.8 Å². The molecule has 1 saturated carbocycles. The lowest BCUT2D eigenvalue weighted by Gasteiger charge is -2.21.